The van der Waals surface area contributed by atoms with Crippen LogP contribution in [-0.2, 0) is 28.2 Å². The number of carbonyl (C=O) groups is 2. The van der Waals surface area contributed by atoms with Gasteiger partial charge in [0.25, 0.3) is 0 Å². The zero-order chi connectivity index (χ0) is 28.3. The molecule has 0 spiro atoms. The van der Waals surface area contributed by atoms with Gasteiger partial charge in [-0.2, -0.15) is 0 Å². The van der Waals surface area contributed by atoms with Gasteiger partial charge >= 0.3 is 19.8 Å². The lowest BCUT2D eigenvalue weighted by atomic mass is 10.1. The quantitative estimate of drug-likeness (QED) is 0.0597. The Morgan fingerprint density at radius 1 is 0.711 bits per heavy atom. The van der Waals surface area contributed by atoms with Crippen LogP contribution in [0.4, 0.5) is 0 Å². The van der Waals surface area contributed by atoms with Crippen molar-refractivity contribution in [3.63, 3.8) is 0 Å². The summed E-state index contributed by atoms with van der Waals surface area (Å²) < 4.78 is 25.5. The zero-order valence-corrected chi connectivity index (χ0v) is 23.9. The maximum Gasteiger partial charge on any atom is 0.469 e. The Balaban J connectivity index is 3.96. The molecule has 0 radical (unpaired) electrons. The summed E-state index contributed by atoms with van der Waals surface area (Å²) in [7, 11) is -4.73. The maximum absolute atomic E-state index is 12.1. The minimum absolute atomic E-state index is 0.168. The van der Waals surface area contributed by atoms with Crippen molar-refractivity contribution < 1.29 is 37.9 Å². The third-order valence-electron chi connectivity index (χ3n) is 5.02. The third kappa shape index (κ3) is 26.8. The molecular formula is C29H47O8P. The van der Waals surface area contributed by atoms with Crippen molar-refractivity contribution >= 4 is 19.8 Å². The first-order chi connectivity index (χ1) is 18.3. The molecule has 1 atom stereocenters. The van der Waals surface area contributed by atoms with Gasteiger partial charge in [-0.1, -0.05) is 81.0 Å². The van der Waals surface area contributed by atoms with Gasteiger partial charge in [0, 0.05) is 12.8 Å². The van der Waals surface area contributed by atoms with Gasteiger partial charge in [-0.15, -0.1) is 0 Å². The van der Waals surface area contributed by atoms with Crippen LogP contribution in [0.5, 0.6) is 0 Å². The number of phosphoric ester groups is 1. The summed E-state index contributed by atoms with van der Waals surface area (Å²) in [5, 5.41) is 0. The normalized spacial score (nSPS) is 13.5. The van der Waals surface area contributed by atoms with E-state index in [4.69, 9.17) is 19.3 Å². The topological polar surface area (TPSA) is 119 Å². The molecule has 0 fully saturated rings. The average Bonchev–Trinajstić information content (AvgIpc) is 2.86. The summed E-state index contributed by atoms with van der Waals surface area (Å²) in [6, 6.07) is 0. The van der Waals surface area contributed by atoms with Crippen molar-refractivity contribution in [2.75, 3.05) is 13.2 Å². The predicted molar refractivity (Wildman–Crippen MR) is 151 cm³/mol. The number of unbranched alkanes of at least 4 members (excludes halogenated alkanes) is 3. The summed E-state index contributed by atoms with van der Waals surface area (Å²) in [6.07, 6.45) is 29.8. The number of carbonyl (C=O) groups excluding carboxylic acids is 2. The molecule has 0 aliphatic rings. The highest BCUT2D eigenvalue weighted by Gasteiger charge is 2.22. The molecule has 0 aliphatic heterocycles. The van der Waals surface area contributed by atoms with Crippen molar-refractivity contribution in [2.24, 2.45) is 0 Å². The lowest BCUT2D eigenvalue weighted by molar-refractivity contribution is -0.161. The van der Waals surface area contributed by atoms with Crippen LogP contribution in [-0.4, -0.2) is 41.0 Å². The van der Waals surface area contributed by atoms with E-state index in [2.05, 4.69) is 72.2 Å². The van der Waals surface area contributed by atoms with E-state index in [1.54, 1.807) is 0 Å². The molecule has 0 saturated carbocycles. The average molecular weight is 555 g/mol. The first-order valence-electron chi connectivity index (χ1n) is 13.6. The van der Waals surface area contributed by atoms with Crippen LogP contribution in [0, 0.1) is 0 Å². The molecule has 0 saturated heterocycles. The highest BCUT2D eigenvalue weighted by atomic mass is 31.2. The Kier molecular flexibility index (Phi) is 23.6. The molecule has 8 nitrogen and oxygen atoms in total. The number of ether oxygens (including phenoxy) is 2. The van der Waals surface area contributed by atoms with E-state index in [-0.39, 0.29) is 19.4 Å². The molecule has 0 amide bonds. The zero-order valence-electron chi connectivity index (χ0n) is 23.0. The van der Waals surface area contributed by atoms with E-state index in [1.165, 1.54) is 0 Å². The van der Waals surface area contributed by atoms with Gasteiger partial charge in [0.15, 0.2) is 6.10 Å². The predicted octanol–water partition coefficient (Wildman–Crippen LogP) is 7.05. The van der Waals surface area contributed by atoms with E-state index < -0.39 is 32.5 Å². The number of hydrogen-bond acceptors (Lipinski definition) is 6. The summed E-state index contributed by atoms with van der Waals surface area (Å²) in [4.78, 5) is 41.3. The van der Waals surface area contributed by atoms with Crippen LogP contribution >= 0.6 is 7.82 Å². The third-order valence-corrected chi connectivity index (χ3v) is 5.51. The Hall–Kier alpha value is -2.25. The molecule has 0 aromatic carbocycles. The Bertz CT molecular complexity index is 807. The molecule has 216 valence electrons. The first kappa shape index (κ1) is 35.8. The highest BCUT2D eigenvalue weighted by Crippen LogP contribution is 2.35. The smallest absolute Gasteiger partial charge is 0.462 e. The fraction of sp³-hybridized carbons (Fsp3) is 0.586. The molecule has 0 rings (SSSR count). The standard InChI is InChI=1S/C29H47O8P/c1-3-5-6-7-8-9-10-11-12-13-14-15-16-17-18-19-20-21-22-24-29(31)37-27(26-36-38(32,33)34)25-35-28(30)23-4-2/h5-6,8-9,11-12,14-15,17-18,27H,3-4,7,10,13,16,19-26H2,1-2H3,(H2,32,33,34)/b6-5-,9-8-,12-11-,15-14-,18-17-. The lowest BCUT2D eigenvalue weighted by Crippen LogP contribution is -2.29. The summed E-state index contributed by atoms with van der Waals surface area (Å²) in [5.41, 5.74) is 0. The fourth-order valence-corrected chi connectivity index (χ4v) is 3.44. The molecule has 9 heteroatoms. The maximum atomic E-state index is 12.1. The van der Waals surface area contributed by atoms with E-state index in [0.717, 1.165) is 51.4 Å². The van der Waals surface area contributed by atoms with E-state index in [9.17, 15) is 14.2 Å². The molecular weight excluding hydrogens is 507 g/mol. The number of phosphoric acid groups is 1. The van der Waals surface area contributed by atoms with E-state index >= 15 is 0 Å². The monoisotopic (exact) mass is 554 g/mol. The van der Waals surface area contributed by atoms with Gasteiger partial charge < -0.3 is 19.3 Å². The highest BCUT2D eigenvalue weighted by molar-refractivity contribution is 7.46. The minimum atomic E-state index is -4.73. The lowest BCUT2D eigenvalue weighted by Gasteiger charge is -2.18. The van der Waals surface area contributed by atoms with Crippen LogP contribution in [0.2, 0.25) is 0 Å². The van der Waals surface area contributed by atoms with Gasteiger partial charge in [-0.3, -0.25) is 14.1 Å². The first-order valence-corrected chi connectivity index (χ1v) is 15.1. The fourth-order valence-electron chi connectivity index (χ4n) is 3.08. The summed E-state index contributed by atoms with van der Waals surface area (Å²) in [6.45, 7) is 3.08. The van der Waals surface area contributed by atoms with Crippen molar-refractivity contribution in [3.8, 4) is 0 Å². The largest absolute Gasteiger partial charge is 0.469 e. The van der Waals surface area contributed by atoms with Crippen molar-refractivity contribution in [1.29, 1.82) is 0 Å². The molecule has 0 aromatic heterocycles. The molecule has 1 unspecified atom stereocenters. The SMILES string of the molecule is CC/C=C\C/C=C\C/C=C\C/C=C\C/C=C\CCCCCC(=O)OC(COC(=O)CCC)COP(=O)(O)O. The second kappa shape index (κ2) is 25.1. The summed E-state index contributed by atoms with van der Waals surface area (Å²) in [5.74, 6) is -0.995. The van der Waals surface area contributed by atoms with Crippen LogP contribution < -0.4 is 0 Å². The number of esters is 2. The number of allylic oxidation sites excluding steroid dienone is 10. The Labute approximate surface area is 228 Å². The van der Waals surface area contributed by atoms with Gasteiger partial charge in [0.2, 0.25) is 0 Å². The Morgan fingerprint density at radius 2 is 1.26 bits per heavy atom. The summed E-state index contributed by atoms with van der Waals surface area (Å²) >= 11 is 0. The molecule has 2 N–H and O–H groups in total. The van der Waals surface area contributed by atoms with Crippen molar-refractivity contribution in [1.82, 2.24) is 0 Å². The van der Waals surface area contributed by atoms with Crippen LogP contribution in [0.15, 0.2) is 60.8 Å². The van der Waals surface area contributed by atoms with E-state index in [1.807, 2.05) is 6.92 Å². The van der Waals surface area contributed by atoms with Crippen molar-refractivity contribution in [2.45, 2.75) is 97.0 Å². The minimum Gasteiger partial charge on any atom is -0.462 e. The molecule has 0 aromatic rings. The second-order valence-electron chi connectivity index (χ2n) is 8.64. The number of hydrogen-bond donors (Lipinski definition) is 2. The van der Waals surface area contributed by atoms with Crippen LogP contribution in [0.25, 0.3) is 0 Å². The van der Waals surface area contributed by atoms with Gasteiger partial charge in [0.1, 0.15) is 6.61 Å². The van der Waals surface area contributed by atoms with Gasteiger partial charge in [0.05, 0.1) is 6.61 Å². The van der Waals surface area contributed by atoms with Gasteiger partial charge in [-0.25, -0.2) is 4.57 Å². The molecule has 0 bridgehead atoms. The van der Waals surface area contributed by atoms with E-state index in [0.29, 0.717) is 12.8 Å². The Morgan fingerprint density at radius 3 is 1.79 bits per heavy atom. The second-order valence-corrected chi connectivity index (χ2v) is 9.88. The number of rotatable bonds is 23. The molecule has 0 aliphatic carbocycles. The molecule has 38 heavy (non-hydrogen) atoms. The van der Waals surface area contributed by atoms with Crippen LogP contribution in [0.1, 0.15) is 90.9 Å². The van der Waals surface area contributed by atoms with Crippen LogP contribution in [0.3, 0.4) is 0 Å². The molecule has 0 heterocycles. The van der Waals surface area contributed by atoms with Gasteiger partial charge in [-0.05, 0) is 57.8 Å². The van der Waals surface area contributed by atoms with Crippen molar-refractivity contribution in [3.05, 3.63) is 60.8 Å².